The van der Waals surface area contributed by atoms with E-state index in [-0.39, 0.29) is 10.7 Å². The second-order valence-electron chi connectivity index (χ2n) is 6.85. The minimum atomic E-state index is -0.889. The molecule has 152 valence electrons. The number of aromatic nitrogens is 3. The van der Waals surface area contributed by atoms with Gasteiger partial charge in [-0.1, -0.05) is 16.8 Å². The molecule has 0 aliphatic carbocycles. The second kappa shape index (κ2) is 7.92. The van der Waals surface area contributed by atoms with Crippen LogP contribution in [0.5, 0.6) is 0 Å². The topological polar surface area (TPSA) is 67.4 Å². The third-order valence-corrected chi connectivity index (χ3v) is 5.17. The highest BCUT2D eigenvalue weighted by Gasteiger charge is 2.23. The van der Waals surface area contributed by atoms with Crippen molar-refractivity contribution < 1.29 is 13.3 Å². The minimum absolute atomic E-state index is 0.0516. The molecule has 0 radical (unpaired) electrons. The maximum atomic E-state index is 14.0. The van der Waals surface area contributed by atoms with Crippen LogP contribution in [-0.2, 0) is 6.54 Å². The number of piperazine rings is 1. The fourth-order valence-corrected chi connectivity index (χ4v) is 3.59. The molecule has 0 N–H and O–H groups in total. The Balaban J connectivity index is 1.50. The predicted molar refractivity (Wildman–Crippen MR) is 103 cm³/mol. The van der Waals surface area contributed by atoms with Crippen molar-refractivity contribution in [2.75, 3.05) is 31.1 Å². The van der Waals surface area contributed by atoms with Crippen molar-refractivity contribution >= 4 is 17.3 Å². The number of nitrogens with zero attached hydrogens (tertiary/aromatic N) is 5. The van der Waals surface area contributed by atoms with E-state index in [0.29, 0.717) is 31.4 Å². The molecule has 7 nitrogen and oxygen atoms in total. The average molecular weight is 422 g/mol. The summed E-state index contributed by atoms with van der Waals surface area (Å²) >= 11 is 6.29. The van der Waals surface area contributed by atoms with Crippen LogP contribution in [0.15, 0.2) is 39.8 Å². The number of rotatable bonds is 4. The molecule has 3 heterocycles. The number of halogens is 3. The zero-order chi connectivity index (χ0) is 20.5. The summed E-state index contributed by atoms with van der Waals surface area (Å²) in [6.07, 6.45) is 1.43. The first kappa shape index (κ1) is 19.5. The van der Waals surface area contributed by atoms with Gasteiger partial charge in [0.1, 0.15) is 22.3 Å². The molecule has 0 spiro atoms. The first-order chi connectivity index (χ1) is 13.9. The smallest absolute Gasteiger partial charge is 0.292 e. The summed E-state index contributed by atoms with van der Waals surface area (Å²) < 4.78 is 33.1. The van der Waals surface area contributed by atoms with Gasteiger partial charge in [-0.15, -0.1) is 0 Å². The molecule has 1 aliphatic rings. The number of aryl methyl sites for hydroxylation is 1. The largest absolute Gasteiger partial charge is 0.366 e. The van der Waals surface area contributed by atoms with Crippen molar-refractivity contribution in [3.63, 3.8) is 0 Å². The van der Waals surface area contributed by atoms with E-state index in [4.69, 9.17) is 16.1 Å². The minimum Gasteiger partial charge on any atom is -0.366 e. The van der Waals surface area contributed by atoms with Crippen LogP contribution in [0.25, 0.3) is 5.69 Å². The lowest BCUT2D eigenvalue weighted by Crippen LogP contribution is -2.46. The van der Waals surface area contributed by atoms with Crippen molar-refractivity contribution in [2.45, 2.75) is 13.5 Å². The second-order valence-corrected chi connectivity index (χ2v) is 7.23. The molecule has 0 amide bonds. The van der Waals surface area contributed by atoms with Crippen molar-refractivity contribution in [3.05, 3.63) is 68.9 Å². The first-order valence-electron chi connectivity index (χ1n) is 9.05. The molecule has 29 heavy (non-hydrogen) atoms. The zero-order valence-corrected chi connectivity index (χ0v) is 16.4. The Hall–Kier alpha value is -2.78. The van der Waals surface area contributed by atoms with Crippen LogP contribution >= 0.6 is 11.6 Å². The molecule has 0 unspecified atom stereocenters. The molecular formula is C19H18ClF2N5O2. The van der Waals surface area contributed by atoms with Gasteiger partial charge in [-0.2, -0.15) is 9.78 Å². The summed E-state index contributed by atoms with van der Waals surface area (Å²) in [6.45, 7) is 5.32. The van der Waals surface area contributed by atoms with Crippen molar-refractivity contribution in [1.82, 2.24) is 19.8 Å². The number of anilines is 1. The zero-order valence-electron chi connectivity index (χ0n) is 15.6. The van der Waals surface area contributed by atoms with Crippen LogP contribution in [0.3, 0.4) is 0 Å². The fraction of sp³-hybridized carbons (Fsp3) is 0.316. The molecule has 0 bridgehead atoms. The van der Waals surface area contributed by atoms with Crippen LogP contribution in [0, 0.1) is 18.6 Å². The van der Waals surface area contributed by atoms with E-state index >= 15 is 0 Å². The summed E-state index contributed by atoms with van der Waals surface area (Å²) in [5, 5.41) is 8.00. The van der Waals surface area contributed by atoms with Crippen molar-refractivity contribution in [3.8, 4) is 5.69 Å². The molecule has 4 rings (SSSR count). The molecule has 2 aromatic heterocycles. The van der Waals surface area contributed by atoms with Crippen molar-refractivity contribution in [2.24, 2.45) is 0 Å². The average Bonchev–Trinajstić information content (AvgIpc) is 3.10. The van der Waals surface area contributed by atoms with Crippen LogP contribution in [-0.4, -0.2) is 46.0 Å². The van der Waals surface area contributed by atoms with Crippen LogP contribution in [0.4, 0.5) is 14.5 Å². The summed E-state index contributed by atoms with van der Waals surface area (Å²) in [6, 6.07) is 4.81. The van der Waals surface area contributed by atoms with Crippen molar-refractivity contribution in [1.29, 1.82) is 0 Å². The Labute approximate surface area is 170 Å². The lowest BCUT2D eigenvalue weighted by atomic mass is 10.2. The highest BCUT2D eigenvalue weighted by molar-refractivity contribution is 6.33. The van der Waals surface area contributed by atoms with Crippen LogP contribution in [0.2, 0.25) is 5.02 Å². The van der Waals surface area contributed by atoms with Gasteiger partial charge in [0.2, 0.25) is 0 Å². The van der Waals surface area contributed by atoms with E-state index in [1.54, 1.807) is 0 Å². The van der Waals surface area contributed by atoms with Gasteiger partial charge in [0, 0.05) is 44.9 Å². The summed E-state index contributed by atoms with van der Waals surface area (Å²) in [4.78, 5) is 16.8. The standard InChI is InChI=1S/C19H18ClF2N5O2/c1-12-8-14(24-29-12)11-25-4-6-26(7-5-25)17-10-23-27(19(28)18(17)20)16-3-2-13(21)9-15(16)22/h2-3,8-10H,4-7,11H2,1H3. The predicted octanol–water partition coefficient (Wildman–Crippen LogP) is 2.78. The monoisotopic (exact) mass is 421 g/mol. The first-order valence-corrected chi connectivity index (χ1v) is 9.43. The third kappa shape index (κ3) is 4.01. The lowest BCUT2D eigenvalue weighted by Gasteiger charge is -2.35. The van der Waals surface area contributed by atoms with E-state index in [2.05, 4.69) is 15.2 Å². The van der Waals surface area contributed by atoms with E-state index in [9.17, 15) is 13.6 Å². The Morgan fingerprint density at radius 2 is 1.90 bits per heavy atom. The number of hydrogen-bond acceptors (Lipinski definition) is 6. The maximum Gasteiger partial charge on any atom is 0.292 e. The number of hydrogen-bond donors (Lipinski definition) is 0. The van der Waals surface area contributed by atoms with E-state index in [1.165, 1.54) is 6.20 Å². The Bertz CT molecular complexity index is 1090. The number of benzene rings is 1. The third-order valence-electron chi connectivity index (χ3n) is 4.81. The van der Waals surface area contributed by atoms with Crippen LogP contribution < -0.4 is 10.5 Å². The lowest BCUT2D eigenvalue weighted by molar-refractivity contribution is 0.241. The molecular weight excluding hydrogens is 404 g/mol. The van der Waals surface area contributed by atoms with Gasteiger partial charge in [-0.05, 0) is 19.1 Å². The van der Waals surface area contributed by atoms with E-state index in [0.717, 1.165) is 41.4 Å². The molecule has 1 aromatic carbocycles. The normalized spacial score (nSPS) is 15.1. The summed E-state index contributed by atoms with van der Waals surface area (Å²) in [5.74, 6) is -0.851. The molecule has 10 heteroatoms. The van der Waals surface area contributed by atoms with Gasteiger partial charge in [0.25, 0.3) is 5.56 Å². The molecule has 1 fully saturated rings. The SMILES string of the molecule is Cc1cc(CN2CCN(c3cnn(-c4ccc(F)cc4F)c(=O)c3Cl)CC2)no1. The van der Waals surface area contributed by atoms with E-state index in [1.807, 2.05) is 17.9 Å². The summed E-state index contributed by atoms with van der Waals surface area (Å²) in [7, 11) is 0. The van der Waals surface area contributed by atoms with Gasteiger partial charge in [-0.3, -0.25) is 9.69 Å². The Morgan fingerprint density at radius 1 is 1.14 bits per heavy atom. The molecule has 1 saturated heterocycles. The van der Waals surface area contributed by atoms with Gasteiger partial charge in [0.15, 0.2) is 5.82 Å². The molecule has 3 aromatic rings. The highest BCUT2D eigenvalue weighted by atomic mass is 35.5. The molecule has 0 atom stereocenters. The summed E-state index contributed by atoms with van der Waals surface area (Å²) in [5.41, 5.74) is 0.555. The Morgan fingerprint density at radius 3 is 2.55 bits per heavy atom. The van der Waals surface area contributed by atoms with Gasteiger partial charge < -0.3 is 9.42 Å². The maximum absolute atomic E-state index is 14.0. The van der Waals surface area contributed by atoms with Gasteiger partial charge in [0.05, 0.1) is 17.6 Å². The fourth-order valence-electron chi connectivity index (χ4n) is 3.34. The quantitative estimate of drug-likeness (QED) is 0.645. The highest BCUT2D eigenvalue weighted by Crippen LogP contribution is 2.24. The Kier molecular flexibility index (Phi) is 5.33. The molecule has 0 saturated carbocycles. The van der Waals surface area contributed by atoms with Gasteiger partial charge in [-0.25, -0.2) is 8.78 Å². The van der Waals surface area contributed by atoms with Crippen LogP contribution in [0.1, 0.15) is 11.5 Å². The molecule has 1 aliphatic heterocycles. The van der Waals surface area contributed by atoms with E-state index < -0.39 is 17.2 Å². The van der Waals surface area contributed by atoms with Gasteiger partial charge >= 0.3 is 0 Å².